The first-order chi connectivity index (χ1) is 12.9. The number of carbonyl (C=O) groups is 3. The maximum Gasteiger partial charge on any atom is 0.355 e. The molecule has 0 saturated heterocycles. The lowest BCUT2D eigenvalue weighted by Crippen LogP contribution is -2.39. The third kappa shape index (κ3) is 4.32. The summed E-state index contributed by atoms with van der Waals surface area (Å²) in [6.45, 7) is 3.01. The van der Waals surface area contributed by atoms with Crippen molar-refractivity contribution in [2.45, 2.75) is 0 Å². The van der Waals surface area contributed by atoms with E-state index in [1.807, 2.05) is 0 Å². The summed E-state index contributed by atoms with van der Waals surface area (Å²) < 4.78 is 34.1. The Hall–Kier alpha value is -3.20. The van der Waals surface area contributed by atoms with E-state index in [4.69, 9.17) is 14.2 Å². The zero-order valence-corrected chi connectivity index (χ0v) is 14.8. The molecule has 0 aliphatic carbocycles. The largest absolute Gasteiger partial charge is 0.466 e. The summed E-state index contributed by atoms with van der Waals surface area (Å²) in [5.41, 5.74) is -0.412. The highest BCUT2D eigenvalue weighted by molar-refractivity contribution is 6.03. The third-order valence-corrected chi connectivity index (χ3v) is 3.64. The average molecular weight is 379 g/mol. The molecular formula is C18H18FNO7. The first-order valence-electron chi connectivity index (χ1n) is 7.77. The molecule has 0 saturated carbocycles. The molecule has 1 aliphatic heterocycles. The fraction of sp³-hybridized carbons (Fsp3) is 0.278. The second-order valence-corrected chi connectivity index (χ2v) is 5.27. The van der Waals surface area contributed by atoms with Gasteiger partial charge in [0.1, 0.15) is 24.9 Å². The zero-order chi connectivity index (χ0) is 20.0. The highest BCUT2D eigenvalue weighted by Crippen LogP contribution is 2.29. The van der Waals surface area contributed by atoms with Crippen molar-refractivity contribution < 1.29 is 37.7 Å². The van der Waals surface area contributed by atoms with Crippen molar-refractivity contribution in [3.8, 4) is 0 Å². The Labute approximate surface area is 154 Å². The SMILES string of the molecule is C=CCOC(=O)c1ccc(N2COCC(C(=O)OC)=C2C(=O)OC)c(F)c1. The Kier molecular flexibility index (Phi) is 6.67. The lowest BCUT2D eigenvalue weighted by Gasteiger charge is -2.31. The van der Waals surface area contributed by atoms with Crippen LogP contribution in [0, 0.1) is 5.82 Å². The molecule has 0 atom stereocenters. The molecule has 9 heteroatoms. The Morgan fingerprint density at radius 2 is 1.93 bits per heavy atom. The number of carbonyl (C=O) groups excluding carboxylic acids is 3. The number of methoxy groups -OCH3 is 2. The molecule has 1 heterocycles. The van der Waals surface area contributed by atoms with Gasteiger partial charge in [-0.05, 0) is 18.2 Å². The van der Waals surface area contributed by atoms with Crippen molar-refractivity contribution >= 4 is 23.6 Å². The summed E-state index contributed by atoms with van der Waals surface area (Å²) in [4.78, 5) is 37.1. The van der Waals surface area contributed by atoms with Crippen molar-refractivity contribution in [3.63, 3.8) is 0 Å². The lowest BCUT2D eigenvalue weighted by atomic mass is 10.1. The summed E-state index contributed by atoms with van der Waals surface area (Å²) >= 11 is 0. The highest BCUT2D eigenvalue weighted by Gasteiger charge is 2.33. The predicted octanol–water partition coefficient (Wildman–Crippen LogP) is 1.56. The minimum absolute atomic E-state index is 0.0140. The van der Waals surface area contributed by atoms with Crippen molar-refractivity contribution in [3.05, 3.63) is 53.5 Å². The van der Waals surface area contributed by atoms with E-state index in [0.717, 1.165) is 25.2 Å². The molecular weight excluding hydrogens is 361 g/mol. The molecule has 8 nitrogen and oxygen atoms in total. The van der Waals surface area contributed by atoms with Crippen molar-refractivity contribution in [1.82, 2.24) is 0 Å². The Morgan fingerprint density at radius 3 is 2.52 bits per heavy atom. The topological polar surface area (TPSA) is 91.4 Å². The number of halogens is 1. The highest BCUT2D eigenvalue weighted by atomic mass is 19.1. The maximum atomic E-state index is 14.7. The second-order valence-electron chi connectivity index (χ2n) is 5.27. The number of hydrogen-bond donors (Lipinski definition) is 0. The van der Waals surface area contributed by atoms with Crippen LogP contribution in [0.15, 0.2) is 42.1 Å². The van der Waals surface area contributed by atoms with Gasteiger partial charge in [0.05, 0.1) is 37.7 Å². The molecule has 0 unspecified atom stereocenters. The molecule has 0 N–H and O–H groups in total. The van der Waals surface area contributed by atoms with Gasteiger partial charge < -0.3 is 23.8 Å². The van der Waals surface area contributed by atoms with E-state index in [1.165, 1.54) is 18.2 Å². The van der Waals surface area contributed by atoms with Crippen LogP contribution >= 0.6 is 0 Å². The molecule has 0 radical (unpaired) electrons. The quantitative estimate of drug-likeness (QED) is 0.418. The molecule has 0 bridgehead atoms. The van der Waals surface area contributed by atoms with Gasteiger partial charge in [0.15, 0.2) is 0 Å². The van der Waals surface area contributed by atoms with E-state index in [-0.39, 0.29) is 42.5 Å². The van der Waals surface area contributed by atoms with E-state index in [1.54, 1.807) is 0 Å². The van der Waals surface area contributed by atoms with Crippen LogP contribution in [0.25, 0.3) is 0 Å². The van der Waals surface area contributed by atoms with E-state index < -0.39 is 23.7 Å². The van der Waals surface area contributed by atoms with Crippen LogP contribution in [-0.2, 0) is 28.5 Å². The number of ether oxygens (including phenoxy) is 4. The number of anilines is 1. The summed E-state index contributed by atoms with van der Waals surface area (Å²) in [5, 5.41) is 0. The minimum Gasteiger partial charge on any atom is -0.466 e. The number of esters is 3. The van der Waals surface area contributed by atoms with Gasteiger partial charge in [0, 0.05) is 0 Å². The molecule has 0 spiro atoms. The van der Waals surface area contributed by atoms with E-state index in [2.05, 4.69) is 11.3 Å². The van der Waals surface area contributed by atoms with Gasteiger partial charge in [-0.3, -0.25) is 0 Å². The van der Waals surface area contributed by atoms with E-state index >= 15 is 0 Å². The second kappa shape index (κ2) is 8.95. The van der Waals surface area contributed by atoms with Gasteiger partial charge >= 0.3 is 17.9 Å². The van der Waals surface area contributed by atoms with Gasteiger partial charge in [-0.25, -0.2) is 18.8 Å². The van der Waals surface area contributed by atoms with Crippen molar-refractivity contribution in [2.75, 3.05) is 39.1 Å². The van der Waals surface area contributed by atoms with Crippen molar-refractivity contribution in [1.29, 1.82) is 0 Å². The van der Waals surface area contributed by atoms with Gasteiger partial charge in [-0.2, -0.15) is 0 Å². The zero-order valence-electron chi connectivity index (χ0n) is 14.8. The fourth-order valence-electron chi connectivity index (χ4n) is 2.40. The van der Waals surface area contributed by atoms with Crippen LogP contribution in [0.1, 0.15) is 10.4 Å². The molecule has 0 fully saturated rings. The first kappa shape index (κ1) is 20.1. The molecule has 0 amide bonds. The fourth-order valence-corrected chi connectivity index (χ4v) is 2.40. The Balaban J connectivity index is 2.45. The number of benzene rings is 1. The molecule has 144 valence electrons. The van der Waals surface area contributed by atoms with Gasteiger partial charge in [-0.15, -0.1) is 0 Å². The lowest BCUT2D eigenvalue weighted by molar-refractivity contribution is -0.140. The minimum atomic E-state index is -0.854. The summed E-state index contributed by atoms with van der Waals surface area (Å²) in [6, 6.07) is 3.56. The van der Waals surface area contributed by atoms with Gasteiger partial charge in [0.25, 0.3) is 0 Å². The average Bonchev–Trinajstić information content (AvgIpc) is 2.70. The normalized spacial score (nSPS) is 13.8. The summed E-state index contributed by atoms with van der Waals surface area (Å²) in [7, 11) is 2.28. The molecule has 27 heavy (non-hydrogen) atoms. The third-order valence-electron chi connectivity index (χ3n) is 3.64. The van der Waals surface area contributed by atoms with Crippen LogP contribution < -0.4 is 4.90 Å². The smallest absolute Gasteiger partial charge is 0.355 e. The van der Waals surface area contributed by atoms with E-state index in [9.17, 15) is 18.8 Å². The molecule has 2 rings (SSSR count). The first-order valence-corrected chi connectivity index (χ1v) is 7.77. The Bertz CT molecular complexity index is 803. The molecule has 1 aliphatic rings. The van der Waals surface area contributed by atoms with Crippen LogP contribution in [0.5, 0.6) is 0 Å². The van der Waals surface area contributed by atoms with Gasteiger partial charge in [0.2, 0.25) is 0 Å². The standard InChI is InChI=1S/C18H18FNO7/c1-4-7-27-16(21)11-5-6-14(13(19)8-11)20-10-26-9-12(17(22)24-2)15(20)18(23)25-3/h4-6,8H,1,7,9-10H2,2-3H3. The van der Waals surface area contributed by atoms with Crippen LogP contribution in [0.4, 0.5) is 10.1 Å². The predicted molar refractivity (Wildman–Crippen MR) is 91.2 cm³/mol. The monoisotopic (exact) mass is 379 g/mol. The van der Waals surface area contributed by atoms with Crippen LogP contribution in [0.2, 0.25) is 0 Å². The van der Waals surface area contributed by atoms with Crippen LogP contribution in [0.3, 0.4) is 0 Å². The van der Waals surface area contributed by atoms with Crippen molar-refractivity contribution in [2.24, 2.45) is 0 Å². The Morgan fingerprint density at radius 1 is 1.22 bits per heavy atom. The number of nitrogens with zero attached hydrogens (tertiary/aromatic N) is 1. The summed E-state index contributed by atoms with van der Waals surface area (Å²) in [6.07, 6.45) is 1.38. The molecule has 1 aromatic rings. The number of rotatable bonds is 6. The van der Waals surface area contributed by atoms with Gasteiger partial charge in [-0.1, -0.05) is 12.7 Å². The maximum absolute atomic E-state index is 14.7. The van der Waals surface area contributed by atoms with E-state index in [0.29, 0.717) is 0 Å². The number of hydrogen-bond acceptors (Lipinski definition) is 8. The molecule has 1 aromatic carbocycles. The molecule has 0 aromatic heterocycles. The summed E-state index contributed by atoms with van der Waals surface area (Å²) in [5.74, 6) is -3.20. The van der Waals surface area contributed by atoms with Crippen LogP contribution in [-0.4, -0.2) is 52.1 Å².